The Morgan fingerprint density at radius 1 is 0.282 bits per heavy atom. The zero-order valence-corrected chi connectivity index (χ0v) is 47.2. The first-order valence-electron chi connectivity index (χ1n) is 30.8. The van der Waals surface area contributed by atoms with Crippen LogP contribution in [0.1, 0.15) is 316 Å². The van der Waals surface area contributed by atoms with Crippen molar-refractivity contribution in [1.29, 1.82) is 0 Å². The number of hydrogen-bond donors (Lipinski definition) is 0. The molecule has 0 spiro atoms. The normalized spacial score (nSPS) is 12.4. The first-order chi connectivity index (χ1) is 35.0. The molecule has 6 heteroatoms. The fraction of sp³-hybridized carbons (Fsp3) is 0.800. The summed E-state index contributed by atoms with van der Waals surface area (Å²) < 4.78 is 16.8. The number of carbonyl (C=O) groups excluding carboxylic acids is 3. The molecule has 0 heterocycles. The van der Waals surface area contributed by atoms with Crippen LogP contribution in [0.2, 0.25) is 0 Å². The van der Waals surface area contributed by atoms with Gasteiger partial charge in [0.15, 0.2) is 6.10 Å². The summed E-state index contributed by atoms with van der Waals surface area (Å²) in [5.41, 5.74) is 0. The molecule has 0 aliphatic carbocycles. The molecule has 0 saturated heterocycles. The number of ether oxygens (including phenoxy) is 3. The van der Waals surface area contributed by atoms with Crippen LogP contribution in [0.25, 0.3) is 0 Å². The van der Waals surface area contributed by atoms with Crippen molar-refractivity contribution in [2.75, 3.05) is 13.2 Å². The van der Waals surface area contributed by atoms with E-state index in [2.05, 4.69) is 81.5 Å². The van der Waals surface area contributed by atoms with Crippen LogP contribution in [-0.2, 0) is 28.6 Å². The number of rotatable bonds is 56. The number of carbonyl (C=O) groups is 3. The molecule has 0 saturated carbocycles. The molecule has 1 atom stereocenters. The van der Waals surface area contributed by atoms with Crippen molar-refractivity contribution < 1.29 is 28.6 Å². The van der Waals surface area contributed by atoms with Crippen molar-refractivity contribution in [3.8, 4) is 0 Å². The van der Waals surface area contributed by atoms with Gasteiger partial charge in [0.25, 0.3) is 0 Å². The Bertz CT molecular complexity index is 1280. The molecule has 0 radical (unpaired) electrons. The van der Waals surface area contributed by atoms with E-state index in [0.29, 0.717) is 19.3 Å². The van der Waals surface area contributed by atoms with Gasteiger partial charge >= 0.3 is 17.9 Å². The lowest BCUT2D eigenvalue weighted by Crippen LogP contribution is -2.30. The SMILES string of the molecule is CCCCCC/C=C\C/C=C\CCCCCCCC(=O)OC(COC(=O)CCCCCCCC)COC(=O)CCCCCCCCCCCCCCCCCC/C=C\C/C=C\C/C=C\CCCCCCC. The van der Waals surface area contributed by atoms with Gasteiger partial charge in [-0.2, -0.15) is 0 Å². The van der Waals surface area contributed by atoms with E-state index in [1.54, 1.807) is 0 Å². The minimum atomic E-state index is -0.777. The van der Waals surface area contributed by atoms with Crippen molar-refractivity contribution in [2.24, 2.45) is 0 Å². The van der Waals surface area contributed by atoms with Gasteiger partial charge in [0.1, 0.15) is 13.2 Å². The summed E-state index contributed by atoms with van der Waals surface area (Å²) in [5, 5.41) is 0. The summed E-state index contributed by atoms with van der Waals surface area (Å²) in [5.74, 6) is -0.890. The van der Waals surface area contributed by atoms with Gasteiger partial charge in [-0.15, -0.1) is 0 Å². The molecule has 0 N–H and O–H groups in total. The Kier molecular flexibility index (Phi) is 57.2. The highest BCUT2D eigenvalue weighted by atomic mass is 16.6. The Labute approximate surface area is 440 Å². The first kappa shape index (κ1) is 68.1. The predicted octanol–water partition coefficient (Wildman–Crippen LogP) is 20.8. The fourth-order valence-electron chi connectivity index (χ4n) is 8.83. The summed E-state index contributed by atoms with van der Waals surface area (Å²) in [7, 11) is 0. The minimum Gasteiger partial charge on any atom is -0.462 e. The second-order valence-electron chi connectivity index (χ2n) is 20.6. The highest BCUT2D eigenvalue weighted by Crippen LogP contribution is 2.16. The predicted molar refractivity (Wildman–Crippen MR) is 307 cm³/mol. The van der Waals surface area contributed by atoms with Crippen LogP contribution in [-0.4, -0.2) is 37.2 Å². The Morgan fingerprint density at radius 2 is 0.507 bits per heavy atom. The van der Waals surface area contributed by atoms with Gasteiger partial charge in [-0.1, -0.05) is 268 Å². The molecule has 0 aromatic carbocycles. The maximum absolute atomic E-state index is 12.8. The first-order valence-corrected chi connectivity index (χ1v) is 30.8. The van der Waals surface area contributed by atoms with Crippen LogP contribution in [0.15, 0.2) is 60.8 Å². The molecule has 0 rings (SSSR count). The zero-order valence-electron chi connectivity index (χ0n) is 47.2. The maximum Gasteiger partial charge on any atom is 0.306 e. The average molecular weight is 994 g/mol. The van der Waals surface area contributed by atoms with E-state index in [4.69, 9.17) is 14.2 Å². The summed E-state index contributed by atoms with van der Waals surface area (Å²) >= 11 is 0. The van der Waals surface area contributed by atoms with E-state index in [1.165, 1.54) is 180 Å². The summed E-state index contributed by atoms with van der Waals surface area (Å²) in [6.45, 7) is 6.56. The standard InChI is InChI=1S/C65H116O6/c1-4-7-10-13-16-18-20-22-24-26-27-28-29-30-31-32-33-34-35-36-37-38-39-40-42-43-45-47-49-52-55-58-64(67)70-61-62(60-69-63(66)57-54-51-15-12-9-6-3)71-65(68)59-56-53-50-48-46-44-41-25-23-21-19-17-14-11-8-5-2/h19-22,25-27,29-30,41,62H,4-18,23-24,28,31-40,42-61H2,1-3H3/b21-19-,22-20-,27-26-,30-29-,41-25-. The molecule has 0 aliphatic heterocycles. The second-order valence-corrected chi connectivity index (χ2v) is 20.6. The number of esters is 3. The molecule has 412 valence electrons. The Morgan fingerprint density at radius 3 is 0.803 bits per heavy atom. The van der Waals surface area contributed by atoms with E-state index < -0.39 is 6.10 Å². The molecule has 6 nitrogen and oxygen atoms in total. The summed E-state index contributed by atoms with van der Waals surface area (Å²) in [6.07, 6.45) is 75.5. The highest BCUT2D eigenvalue weighted by Gasteiger charge is 2.19. The van der Waals surface area contributed by atoms with Crippen molar-refractivity contribution in [3.05, 3.63) is 60.8 Å². The summed E-state index contributed by atoms with van der Waals surface area (Å²) in [4.78, 5) is 37.9. The lowest BCUT2D eigenvalue weighted by atomic mass is 10.0. The minimum absolute atomic E-state index is 0.0774. The lowest BCUT2D eigenvalue weighted by molar-refractivity contribution is -0.167. The highest BCUT2D eigenvalue weighted by molar-refractivity contribution is 5.71. The molecule has 0 amide bonds. The molecule has 0 aromatic rings. The molecule has 0 fully saturated rings. The number of hydrogen-bond acceptors (Lipinski definition) is 6. The van der Waals surface area contributed by atoms with Gasteiger partial charge < -0.3 is 14.2 Å². The van der Waals surface area contributed by atoms with E-state index in [-0.39, 0.29) is 31.1 Å². The quantitative estimate of drug-likeness (QED) is 0.0261. The van der Waals surface area contributed by atoms with Crippen molar-refractivity contribution in [3.63, 3.8) is 0 Å². The van der Waals surface area contributed by atoms with Crippen LogP contribution < -0.4 is 0 Å². The van der Waals surface area contributed by atoms with E-state index in [1.807, 2.05) is 0 Å². The summed E-state index contributed by atoms with van der Waals surface area (Å²) in [6, 6.07) is 0. The van der Waals surface area contributed by atoms with Crippen LogP contribution >= 0.6 is 0 Å². The molecular formula is C65H116O6. The van der Waals surface area contributed by atoms with Gasteiger partial charge in [-0.25, -0.2) is 0 Å². The van der Waals surface area contributed by atoms with E-state index in [0.717, 1.165) is 96.3 Å². The maximum atomic E-state index is 12.8. The van der Waals surface area contributed by atoms with Crippen molar-refractivity contribution in [2.45, 2.75) is 322 Å². The van der Waals surface area contributed by atoms with Gasteiger partial charge in [0.2, 0.25) is 0 Å². The lowest BCUT2D eigenvalue weighted by Gasteiger charge is -2.18. The molecule has 0 aromatic heterocycles. The Balaban J connectivity index is 4.01. The van der Waals surface area contributed by atoms with Gasteiger partial charge in [-0.05, 0) is 89.9 Å². The largest absolute Gasteiger partial charge is 0.462 e. The third kappa shape index (κ3) is 57.9. The fourth-order valence-corrected chi connectivity index (χ4v) is 8.83. The third-order valence-corrected chi connectivity index (χ3v) is 13.5. The second kappa shape index (κ2) is 59.7. The monoisotopic (exact) mass is 993 g/mol. The van der Waals surface area contributed by atoms with E-state index >= 15 is 0 Å². The van der Waals surface area contributed by atoms with Crippen LogP contribution in [0, 0.1) is 0 Å². The number of unbranched alkanes of at least 4 members (excludes halogenated alkanes) is 35. The van der Waals surface area contributed by atoms with Crippen molar-refractivity contribution >= 4 is 17.9 Å². The van der Waals surface area contributed by atoms with Crippen LogP contribution in [0.3, 0.4) is 0 Å². The van der Waals surface area contributed by atoms with Crippen LogP contribution in [0.5, 0.6) is 0 Å². The van der Waals surface area contributed by atoms with Crippen molar-refractivity contribution in [1.82, 2.24) is 0 Å². The number of allylic oxidation sites excluding steroid dienone is 10. The van der Waals surface area contributed by atoms with Gasteiger partial charge in [0, 0.05) is 19.3 Å². The average Bonchev–Trinajstić information content (AvgIpc) is 3.37. The Hall–Kier alpha value is -2.89. The molecule has 1 unspecified atom stereocenters. The van der Waals surface area contributed by atoms with E-state index in [9.17, 15) is 14.4 Å². The molecular weight excluding hydrogens is 877 g/mol. The smallest absolute Gasteiger partial charge is 0.306 e. The molecule has 71 heavy (non-hydrogen) atoms. The zero-order chi connectivity index (χ0) is 51.4. The topological polar surface area (TPSA) is 78.9 Å². The van der Waals surface area contributed by atoms with Gasteiger partial charge in [-0.3, -0.25) is 14.4 Å². The molecule has 0 aliphatic rings. The van der Waals surface area contributed by atoms with Crippen LogP contribution in [0.4, 0.5) is 0 Å². The van der Waals surface area contributed by atoms with Gasteiger partial charge in [0.05, 0.1) is 0 Å². The molecule has 0 bridgehead atoms. The third-order valence-electron chi connectivity index (χ3n) is 13.5.